The van der Waals surface area contributed by atoms with Gasteiger partial charge in [-0.05, 0) is 25.1 Å². The summed E-state index contributed by atoms with van der Waals surface area (Å²) in [5.41, 5.74) is 1.27. The number of aryl methyl sites for hydroxylation is 2. The highest BCUT2D eigenvalue weighted by Gasteiger charge is 2.17. The number of benzene rings is 1. The van der Waals surface area contributed by atoms with Crippen LogP contribution in [0.15, 0.2) is 22.6 Å². The van der Waals surface area contributed by atoms with Crippen molar-refractivity contribution in [3.05, 3.63) is 46.1 Å². The number of hydrogen-bond donors (Lipinski definition) is 1. The van der Waals surface area contributed by atoms with Gasteiger partial charge in [-0.2, -0.15) is 5.26 Å². The van der Waals surface area contributed by atoms with Gasteiger partial charge in [-0.3, -0.25) is 4.79 Å². The van der Waals surface area contributed by atoms with Crippen molar-refractivity contribution in [2.75, 3.05) is 5.32 Å². The Morgan fingerprint density at radius 3 is 2.79 bits per heavy atom. The molecule has 0 spiro atoms. The SMILES string of the molecule is Cc1nc(C)c(C(=O)Nc2cc(C#N)ccc2Cl)o1. The Kier molecular flexibility index (Phi) is 3.54. The normalized spacial score (nSPS) is 10.0. The van der Waals surface area contributed by atoms with Crippen molar-refractivity contribution in [3.63, 3.8) is 0 Å². The first-order valence-corrected chi connectivity index (χ1v) is 5.84. The van der Waals surface area contributed by atoms with Gasteiger partial charge in [0.25, 0.3) is 5.91 Å². The van der Waals surface area contributed by atoms with Gasteiger partial charge in [0.05, 0.1) is 28.0 Å². The Hall–Kier alpha value is -2.32. The van der Waals surface area contributed by atoms with Crippen LogP contribution < -0.4 is 5.32 Å². The number of rotatable bonds is 2. The maximum Gasteiger partial charge on any atom is 0.293 e. The standard InChI is InChI=1S/C13H10ClN3O2/c1-7-12(19-8(2)16-7)13(18)17-11-5-9(6-15)3-4-10(11)14/h3-5H,1-2H3,(H,17,18). The fourth-order valence-corrected chi connectivity index (χ4v) is 1.78. The monoisotopic (exact) mass is 275 g/mol. The van der Waals surface area contributed by atoms with Crippen molar-refractivity contribution in [1.82, 2.24) is 4.98 Å². The zero-order valence-electron chi connectivity index (χ0n) is 10.3. The van der Waals surface area contributed by atoms with Crippen LogP contribution in [-0.2, 0) is 0 Å². The number of nitrogens with zero attached hydrogens (tertiary/aromatic N) is 2. The van der Waals surface area contributed by atoms with Gasteiger partial charge in [0.15, 0.2) is 5.89 Å². The first-order chi connectivity index (χ1) is 9.01. The van der Waals surface area contributed by atoms with Gasteiger partial charge in [-0.15, -0.1) is 0 Å². The van der Waals surface area contributed by atoms with E-state index in [1.165, 1.54) is 6.07 Å². The molecule has 0 atom stereocenters. The van der Waals surface area contributed by atoms with Crippen LogP contribution in [0.4, 0.5) is 5.69 Å². The third-order valence-electron chi connectivity index (χ3n) is 2.45. The third kappa shape index (κ3) is 2.75. The number of nitriles is 1. The molecule has 2 rings (SSSR count). The summed E-state index contributed by atoms with van der Waals surface area (Å²) < 4.78 is 5.21. The van der Waals surface area contributed by atoms with E-state index in [4.69, 9.17) is 21.3 Å². The molecule has 1 amide bonds. The van der Waals surface area contributed by atoms with E-state index in [1.54, 1.807) is 26.0 Å². The molecule has 0 saturated carbocycles. The molecule has 0 aliphatic rings. The summed E-state index contributed by atoms with van der Waals surface area (Å²) >= 11 is 5.96. The first-order valence-electron chi connectivity index (χ1n) is 5.46. The molecule has 0 saturated heterocycles. The Bertz CT molecular complexity index is 686. The second-order valence-corrected chi connectivity index (χ2v) is 4.32. The van der Waals surface area contributed by atoms with E-state index < -0.39 is 5.91 Å². The minimum absolute atomic E-state index is 0.135. The summed E-state index contributed by atoms with van der Waals surface area (Å²) in [6.45, 7) is 3.34. The lowest BCUT2D eigenvalue weighted by molar-refractivity contribution is 0.0994. The Balaban J connectivity index is 2.29. The van der Waals surface area contributed by atoms with Crippen molar-refractivity contribution in [2.45, 2.75) is 13.8 Å². The van der Waals surface area contributed by atoms with Gasteiger partial charge in [0, 0.05) is 6.92 Å². The topological polar surface area (TPSA) is 78.9 Å². The maximum absolute atomic E-state index is 12.0. The molecule has 5 nitrogen and oxygen atoms in total. The molecule has 96 valence electrons. The fourth-order valence-electron chi connectivity index (χ4n) is 1.61. The van der Waals surface area contributed by atoms with Gasteiger partial charge < -0.3 is 9.73 Å². The van der Waals surface area contributed by atoms with Crippen LogP contribution in [0.25, 0.3) is 0 Å². The lowest BCUT2D eigenvalue weighted by atomic mass is 10.2. The van der Waals surface area contributed by atoms with Crippen molar-refractivity contribution in [3.8, 4) is 6.07 Å². The van der Waals surface area contributed by atoms with E-state index in [0.717, 1.165) is 0 Å². The van der Waals surface area contributed by atoms with Crippen molar-refractivity contribution in [1.29, 1.82) is 5.26 Å². The summed E-state index contributed by atoms with van der Waals surface area (Å²) in [6, 6.07) is 6.60. The molecule has 2 aromatic rings. The molecule has 6 heteroatoms. The summed E-state index contributed by atoms with van der Waals surface area (Å²) in [5, 5.41) is 11.8. The Morgan fingerprint density at radius 2 is 2.21 bits per heavy atom. The molecule has 0 aliphatic carbocycles. The molecular formula is C13H10ClN3O2. The molecule has 1 heterocycles. The zero-order chi connectivity index (χ0) is 14.0. The van der Waals surface area contributed by atoms with Gasteiger partial charge >= 0.3 is 0 Å². The summed E-state index contributed by atoms with van der Waals surface area (Å²) in [7, 11) is 0. The molecule has 0 radical (unpaired) electrons. The Morgan fingerprint density at radius 1 is 1.47 bits per heavy atom. The predicted molar refractivity (Wildman–Crippen MR) is 70.1 cm³/mol. The smallest absolute Gasteiger partial charge is 0.293 e. The largest absolute Gasteiger partial charge is 0.436 e. The quantitative estimate of drug-likeness (QED) is 0.913. The van der Waals surface area contributed by atoms with E-state index in [-0.39, 0.29) is 5.76 Å². The molecule has 1 N–H and O–H groups in total. The van der Waals surface area contributed by atoms with Crippen molar-refractivity contribution < 1.29 is 9.21 Å². The van der Waals surface area contributed by atoms with E-state index in [2.05, 4.69) is 10.3 Å². The number of carbonyl (C=O) groups is 1. The van der Waals surface area contributed by atoms with E-state index in [9.17, 15) is 4.79 Å². The summed E-state index contributed by atoms with van der Waals surface area (Å²) in [5.74, 6) is 0.102. The minimum atomic E-state index is -0.449. The number of nitrogens with one attached hydrogen (secondary N) is 1. The van der Waals surface area contributed by atoms with Gasteiger partial charge in [-0.1, -0.05) is 11.6 Å². The lowest BCUT2D eigenvalue weighted by Crippen LogP contribution is -2.12. The van der Waals surface area contributed by atoms with E-state index >= 15 is 0 Å². The number of carbonyl (C=O) groups excluding carboxylic acids is 1. The van der Waals surface area contributed by atoms with Gasteiger partial charge in [-0.25, -0.2) is 4.98 Å². The van der Waals surface area contributed by atoms with Crippen LogP contribution in [0.1, 0.15) is 27.7 Å². The second kappa shape index (κ2) is 5.12. The third-order valence-corrected chi connectivity index (χ3v) is 2.78. The van der Waals surface area contributed by atoms with Gasteiger partial charge in [0.2, 0.25) is 5.76 Å². The molecule has 1 aromatic carbocycles. The number of amides is 1. The maximum atomic E-state index is 12.0. The molecule has 0 unspecified atom stereocenters. The van der Waals surface area contributed by atoms with Gasteiger partial charge in [0.1, 0.15) is 0 Å². The molecule has 1 aromatic heterocycles. The number of aromatic nitrogens is 1. The lowest BCUT2D eigenvalue weighted by Gasteiger charge is -2.06. The van der Waals surface area contributed by atoms with Crippen LogP contribution in [0.2, 0.25) is 5.02 Å². The first kappa shape index (κ1) is 13.1. The zero-order valence-corrected chi connectivity index (χ0v) is 11.1. The molecule has 0 bridgehead atoms. The average molecular weight is 276 g/mol. The van der Waals surface area contributed by atoms with E-state index in [0.29, 0.717) is 27.9 Å². The second-order valence-electron chi connectivity index (χ2n) is 3.91. The van der Waals surface area contributed by atoms with E-state index in [1.807, 2.05) is 6.07 Å². The van der Waals surface area contributed by atoms with Crippen LogP contribution in [0.3, 0.4) is 0 Å². The van der Waals surface area contributed by atoms with Crippen LogP contribution in [-0.4, -0.2) is 10.9 Å². The highest BCUT2D eigenvalue weighted by molar-refractivity contribution is 6.33. The van der Waals surface area contributed by atoms with Crippen LogP contribution >= 0.6 is 11.6 Å². The predicted octanol–water partition coefficient (Wildman–Crippen LogP) is 3.07. The fraction of sp³-hybridized carbons (Fsp3) is 0.154. The number of halogens is 1. The summed E-state index contributed by atoms with van der Waals surface area (Å²) in [4.78, 5) is 16.0. The van der Waals surface area contributed by atoms with Crippen molar-refractivity contribution >= 4 is 23.2 Å². The van der Waals surface area contributed by atoms with Crippen LogP contribution in [0.5, 0.6) is 0 Å². The molecule has 19 heavy (non-hydrogen) atoms. The van der Waals surface area contributed by atoms with Crippen LogP contribution in [0, 0.1) is 25.2 Å². The number of hydrogen-bond acceptors (Lipinski definition) is 4. The molecule has 0 aliphatic heterocycles. The minimum Gasteiger partial charge on any atom is -0.436 e. The highest BCUT2D eigenvalue weighted by Crippen LogP contribution is 2.24. The number of oxazole rings is 1. The highest BCUT2D eigenvalue weighted by atomic mass is 35.5. The average Bonchev–Trinajstić information content (AvgIpc) is 2.71. The molecular weight excluding hydrogens is 266 g/mol. The summed E-state index contributed by atoms with van der Waals surface area (Å²) in [6.07, 6.45) is 0. The molecule has 0 fully saturated rings. The number of anilines is 1. The Labute approximate surface area is 114 Å². The van der Waals surface area contributed by atoms with Crippen molar-refractivity contribution in [2.24, 2.45) is 0 Å².